The van der Waals surface area contributed by atoms with Crippen molar-refractivity contribution >= 4 is 35.0 Å². The lowest BCUT2D eigenvalue weighted by atomic mass is 10.2. The van der Waals surface area contributed by atoms with Gasteiger partial charge in [0.2, 0.25) is 0 Å². The van der Waals surface area contributed by atoms with Crippen molar-refractivity contribution in [2.24, 2.45) is 5.73 Å². The van der Waals surface area contributed by atoms with Crippen molar-refractivity contribution in [3.05, 3.63) is 47.9 Å². The molecule has 1 aromatic heterocycles. The highest BCUT2D eigenvalue weighted by atomic mass is 32.1. The van der Waals surface area contributed by atoms with Crippen LogP contribution in [0.3, 0.4) is 0 Å². The van der Waals surface area contributed by atoms with Gasteiger partial charge in [-0.25, -0.2) is 4.98 Å². The molecule has 1 heterocycles. The summed E-state index contributed by atoms with van der Waals surface area (Å²) in [6.07, 6.45) is 1.30. The molecule has 0 spiro atoms. The van der Waals surface area contributed by atoms with Gasteiger partial charge in [0, 0.05) is 5.56 Å². The predicted molar refractivity (Wildman–Crippen MR) is 77.2 cm³/mol. The maximum absolute atomic E-state index is 11.8. The minimum atomic E-state index is -0.679. The normalized spacial score (nSPS) is 9.80. The van der Waals surface area contributed by atoms with Crippen LogP contribution in [0.5, 0.6) is 0 Å². The maximum Gasteiger partial charge on any atom is 0.269 e. The zero-order chi connectivity index (χ0) is 14.5. The Morgan fingerprint density at radius 3 is 2.60 bits per heavy atom. The van der Waals surface area contributed by atoms with E-state index in [4.69, 9.17) is 18.0 Å². The third-order valence-electron chi connectivity index (χ3n) is 2.38. The van der Waals surface area contributed by atoms with E-state index in [2.05, 4.69) is 20.6 Å². The fourth-order valence-electron chi connectivity index (χ4n) is 1.48. The van der Waals surface area contributed by atoms with Gasteiger partial charge in [-0.2, -0.15) is 0 Å². The summed E-state index contributed by atoms with van der Waals surface area (Å²) < 4.78 is 0. The van der Waals surface area contributed by atoms with E-state index in [1.54, 1.807) is 30.3 Å². The molecule has 2 rings (SSSR count). The summed E-state index contributed by atoms with van der Waals surface area (Å²) in [6.45, 7) is 0. The minimum absolute atomic E-state index is 0.0217. The molecule has 0 saturated carbocycles. The Balaban J connectivity index is 2.01. The Hall–Kier alpha value is -2.74. The molecule has 8 heteroatoms. The average molecular weight is 289 g/mol. The first-order valence-corrected chi connectivity index (χ1v) is 5.99. The third-order valence-corrected chi connectivity index (χ3v) is 2.58. The number of hydrogen-bond acceptors (Lipinski definition) is 4. The fourth-order valence-corrected chi connectivity index (χ4v) is 1.67. The molecule has 20 heavy (non-hydrogen) atoms. The zero-order valence-electron chi connectivity index (χ0n) is 10.2. The molecule has 2 amide bonds. The molecule has 0 saturated heterocycles. The molecule has 102 valence electrons. The van der Waals surface area contributed by atoms with Crippen LogP contribution in [0.4, 0.5) is 5.82 Å². The summed E-state index contributed by atoms with van der Waals surface area (Å²) in [5.74, 6) is -0.877. The first kappa shape index (κ1) is 13.7. The van der Waals surface area contributed by atoms with Gasteiger partial charge in [-0.15, -0.1) is 0 Å². The summed E-state index contributed by atoms with van der Waals surface area (Å²) in [7, 11) is 0. The first-order chi connectivity index (χ1) is 9.58. The maximum atomic E-state index is 11.8. The van der Waals surface area contributed by atoms with Gasteiger partial charge >= 0.3 is 0 Å². The van der Waals surface area contributed by atoms with Crippen molar-refractivity contribution < 1.29 is 9.59 Å². The summed E-state index contributed by atoms with van der Waals surface area (Å²) >= 11 is 4.98. The van der Waals surface area contributed by atoms with Crippen LogP contribution in [-0.2, 0) is 0 Å². The van der Waals surface area contributed by atoms with Gasteiger partial charge in [-0.1, -0.05) is 18.2 Å². The molecular formula is C12H11N5O2S. The van der Waals surface area contributed by atoms with Crippen LogP contribution >= 0.6 is 12.2 Å². The van der Waals surface area contributed by atoms with Crippen LogP contribution < -0.4 is 16.4 Å². The molecule has 0 unspecified atom stereocenters. The van der Waals surface area contributed by atoms with Gasteiger partial charge < -0.3 is 16.0 Å². The Bertz CT molecular complexity index is 653. The van der Waals surface area contributed by atoms with Crippen LogP contribution in [0.2, 0.25) is 0 Å². The summed E-state index contributed by atoms with van der Waals surface area (Å²) in [6, 6.07) is 8.59. The zero-order valence-corrected chi connectivity index (χ0v) is 11.0. The van der Waals surface area contributed by atoms with Gasteiger partial charge in [-0.3, -0.25) is 14.9 Å². The van der Waals surface area contributed by atoms with Crippen LogP contribution in [0.15, 0.2) is 36.7 Å². The number of imidazole rings is 1. The smallest absolute Gasteiger partial charge is 0.269 e. The van der Waals surface area contributed by atoms with Gasteiger partial charge in [0.25, 0.3) is 11.8 Å². The highest BCUT2D eigenvalue weighted by molar-refractivity contribution is 7.80. The van der Waals surface area contributed by atoms with Crippen molar-refractivity contribution in [2.75, 3.05) is 5.32 Å². The fraction of sp³-hybridized carbons (Fsp3) is 0. The number of nitrogens with zero attached hydrogens (tertiary/aromatic N) is 1. The van der Waals surface area contributed by atoms with Crippen molar-refractivity contribution in [3.63, 3.8) is 0 Å². The molecule has 5 N–H and O–H groups in total. The number of hydrogen-bond donors (Lipinski definition) is 4. The number of primary amides is 1. The van der Waals surface area contributed by atoms with E-state index in [0.29, 0.717) is 5.56 Å². The number of benzene rings is 1. The lowest BCUT2D eigenvalue weighted by molar-refractivity contribution is 0.0975. The number of aromatic amines is 1. The first-order valence-electron chi connectivity index (χ1n) is 5.58. The molecule has 7 nitrogen and oxygen atoms in total. The number of aromatic nitrogens is 2. The average Bonchev–Trinajstić information content (AvgIpc) is 2.87. The number of thiocarbonyl (C=S) groups is 1. The van der Waals surface area contributed by atoms with Crippen LogP contribution in [-0.4, -0.2) is 26.9 Å². The second-order valence-corrected chi connectivity index (χ2v) is 4.17. The number of amides is 2. The Kier molecular flexibility index (Phi) is 4.06. The van der Waals surface area contributed by atoms with Crippen LogP contribution in [0.1, 0.15) is 20.8 Å². The van der Waals surface area contributed by atoms with E-state index < -0.39 is 5.91 Å². The summed E-state index contributed by atoms with van der Waals surface area (Å²) in [5.41, 5.74) is 5.70. The lowest BCUT2D eigenvalue weighted by Gasteiger charge is -2.08. The molecule has 2 aromatic rings. The largest absolute Gasteiger partial charge is 0.364 e. The lowest BCUT2D eigenvalue weighted by Crippen LogP contribution is -2.34. The van der Waals surface area contributed by atoms with E-state index in [1.165, 1.54) is 6.33 Å². The molecule has 0 bridgehead atoms. The number of nitrogens with two attached hydrogens (primary N) is 1. The quantitative estimate of drug-likeness (QED) is 0.619. The number of H-pyrrole nitrogens is 1. The number of nitrogens with one attached hydrogen (secondary N) is 3. The summed E-state index contributed by atoms with van der Waals surface area (Å²) in [4.78, 5) is 29.4. The van der Waals surface area contributed by atoms with Crippen molar-refractivity contribution in [1.82, 2.24) is 15.3 Å². The Morgan fingerprint density at radius 2 is 1.95 bits per heavy atom. The standard InChI is InChI=1S/C12H11N5O2S/c13-9(18)8-10(15-6-14-8)16-12(20)17-11(19)7-4-2-1-3-5-7/h1-6H,(H2,13,18)(H,14,15)(H2,16,17,19,20). The number of carbonyl (C=O) groups excluding carboxylic acids is 2. The van der Waals surface area contributed by atoms with Gasteiger partial charge in [0.05, 0.1) is 6.33 Å². The van der Waals surface area contributed by atoms with Gasteiger partial charge in [0.1, 0.15) is 5.69 Å². The van der Waals surface area contributed by atoms with Crippen molar-refractivity contribution in [3.8, 4) is 0 Å². The Morgan fingerprint density at radius 1 is 1.25 bits per heavy atom. The monoisotopic (exact) mass is 289 g/mol. The van der Waals surface area contributed by atoms with Crippen LogP contribution in [0.25, 0.3) is 0 Å². The Labute approximate surface area is 119 Å². The molecule has 0 atom stereocenters. The molecule has 1 aromatic carbocycles. The second kappa shape index (κ2) is 5.93. The van der Waals surface area contributed by atoms with E-state index in [-0.39, 0.29) is 22.5 Å². The molecular weight excluding hydrogens is 278 g/mol. The van der Waals surface area contributed by atoms with E-state index in [1.807, 2.05) is 0 Å². The number of anilines is 1. The van der Waals surface area contributed by atoms with E-state index in [9.17, 15) is 9.59 Å². The SMILES string of the molecule is NC(=O)c1[nH]cnc1NC(=S)NC(=O)c1ccccc1. The topological polar surface area (TPSA) is 113 Å². The molecule has 0 radical (unpaired) electrons. The van der Waals surface area contributed by atoms with Crippen LogP contribution in [0, 0.1) is 0 Å². The van der Waals surface area contributed by atoms with Crippen molar-refractivity contribution in [1.29, 1.82) is 0 Å². The van der Waals surface area contributed by atoms with Gasteiger partial charge in [0.15, 0.2) is 10.9 Å². The highest BCUT2D eigenvalue weighted by Gasteiger charge is 2.13. The number of carbonyl (C=O) groups is 2. The van der Waals surface area contributed by atoms with E-state index >= 15 is 0 Å². The molecule has 0 fully saturated rings. The third kappa shape index (κ3) is 3.18. The highest BCUT2D eigenvalue weighted by Crippen LogP contribution is 2.08. The molecule has 0 aliphatic carbocycles. The summed E-state index contributed by atoms with van der Waals surface area (Å²) in [5, 5.41) is 5.13. The molecule has 0 aliphatic rings. The minimum Gasteiger partial charge on any atom is -0.364 e. The second-order valence-electron chi connectivity index (χ2n) is 3.76. The van der Waals surface area contributed by atoms with E-state index in [0.717, 1.165) is 0 Å². The predicted octanol–water partition coefficient (Wildman–Crippen LogP) is 0.635. The van der Waals surface area contributed by atoms with Gasteiger partial charge in [-0.05, 0) is 24.4 Å². The van der Waals surface area contributed by atoms with Crippen molar-refractivity contribution in [2.45, 2.75) is 0 Å². The number of rotatable bonds is 3. The molecule has 0 aliphatic heterocycles.